The van der Waals surface area contributed by atoms with E-state index >= 15 is 0 Å². The van der Waals surface area contributed by atoms with Crippen LogP contribution in [-0.2, 0) is 26.2 Å². The Balaban J connectivity index is 2.13. The van der Waals surface area contributed by atoms with E-state index in [9.17, 15) is 18.0 Å². The number of hydrogen-bond donors (Lipinski definition) is 1. The standard InChI is InChI=1S/C31H38ClN3O5S/c1-7-26(30(37)33-31(3,4)5)34(20-23-11-9-8-10-12-23)29(36)21-35(27-19-24(32)15-18-28(27)40-6)41(38,39)25-16-13-22(2)14-17-25/h8-19,26H,7,20-21H2,1-6H3,(H,33,37)/t26-/m0/s1. The number of rotatable bonds is 11. The van der Waals surface area contributed by atoms with Gasteiger partial charge in [-0.2, -0.15) is 0 Å². The third kappa shape index (κ3) is 8.24. The summed E-state index contributed by atoms with van der Waals surface area (Å²) < 4.78 is 34.6. The number of ether oxygens (including phenoxy) is 1. The van der Waals surface area contributed by atoms with E-state index in [2.05, 4.69) is 5.32 Å². The molecule has 8 nitrogen and oxygen atoms in total. The predicted octanol–water partition coefficient (Wildman–Crippen LogP) is 5.57. The maximum Gasteiger partial charge on any atom is 0.264 e. The maximum atomic E-state index is 14.2. The molecule has 3 aromatic rings. The molecule has 0 aliphatic heterocycles. The summed E-state index contributed by atoms with van der Waals surface area (Å²) in [5.74, 6) is -0.648. The molecule has 3 rings (SSSR count). The molecule has 0 fully saturated rings. The van der Waals surface area contributed by atoms with Crippen molar-refractivity contribution >= 4 is 39.1 Å². The molecule has 220 valence electrons. The highest BCUT2D eigenvalue weighted by Crippen LogP contribution is 2.35. The van der Waals surface area contributed by atoms with Crippen LogP contribution in [0.4, 0.5) is 5.69 Å². The second kappa shape index (κ2) is 13.4. The van der Waals surface area contributed by atoms with Gasteiger partial charge in [-0.05, 0) is 70.0 Å². The van der Waals surface area contributed by atoms with Crippen molar-refractivity contribution in [3.8, 4) is 5.75 Å². The van der Waals surface area contributed by atoms with Crippen molar-refractivity contribution < 1.29 is 22.7 Å². The van der Waals surface area contributed by atoms with E-state index in [0.29, 0.717) is 6.42 Å². The van der Waals surface area contributed by atoms with Crippen molar-refractivity contribution in [3.05, 3.63) is 88.9 Å². The van der Waals surface area contributed by atoms with Gasteiger partial charge in [0, 0.05) is 17.1 Å². The summed E-state index contributed by atoms with van der Waals surface area (Å²) in [5.41, 5.74) is 1.27. The van der Waals surface area contributed by atoms with E-state index in [4.69, 9.17) is 16.3 Å². The molecule has 0 radical (unpaired) electrons. The van der Waals surface area contributed by atoms with E-state index < -0.39 is 34.1 Å². The van der Waals surface area contributed by atoms with Crippen LogP contribution < -0.4 is 14.4 Å². The van der Waals surface area contributed by atoms with Crippen molar-refractivity contribution in [3.63, 3.8) is 0 Å². The molecule has 0 aliphatic rings. The number of amides is 2. The van der Waals surface area contributed by atoms with E-state index in [1.54, 1.807) is 24.3 Å². The van der Waals surface area contributed by atoms with Gasteiger partial charge >= 0.3 is 0 Å². The van der Waals surface area contributed by atoms with E-state index in [1.165, 1.54) is 30.2 Å². The van der Waals surface area contributed by atoms with Crippen molar-refractivity contribution in [2.45, 2.75) is 64.1 Å². The molecule has 10 heteroatoms. The van der Waals surface area contributed by atoms with Crippen LogP contribution in [0, 0.1) is 6.92 Å². The lowest BCUT2D eigenvalue weighted by Crippen LogP contribution is -2.55. The van der Waals surface area contributed by atoms with Gasteiger partial charge in [0.15, 0.2) is 0 Å². The average Bonchev–Trinajstić information content (AvgIpc) is 2.91. The Morgan fingerprint density at radius 3 is 2.20 bits per heavy atom. The van der Waals surface area contributed by atoms with Crippen LogP contribution in [0.2, 0.25) is 5.02 Å². The number of benzene rings is 3. The maximum absolute atomic E-state index is 14.2. The number of sulfonamides is 1. The van der Waals surface area contributed by atoms with Gasteiger partial charge in [0.05, 0.1) is 17.7 Å². The average molecular weight is 600 g/mol. The fourth-order valence-corrected chi connectivity index (χ4v) is 5.94. The number of carbonyl (C=O) groups excluding carboxylic acids is 2. The molecule has 41 heavy (non-hydrogen) atoms. The molecular weight excluding hydrogens is 562 g/mol. The number of nitrogens with zero attached hydrogens (tertiary/aromatic N) is 2. The third-order valence-electron chi connectivity index (χ3n) is 6.38. The van der Waals surface area contributed by atoms with Gasteiger partial charge in [-0.3, -0.25) is 13.9 Å². The summed E-state index contributed by atoms with van der Waals surface area (Å²) >= 11 is 6.29. The molecule has 1 atom stereocenters. The Morgan fingerprint density at radius 1 is 1.00 bits per heavy atom. The van der Waals surface area contributed by atoms with Gasteiger partial charge in [-0.25, -0.2) is 8.42 Å². The van der Waals surface area contributed by atoms with Gasteiger partial charge < -0.3 is 15.0 Å². The Kier molecular flexibility index (Phi) is 10.4. The van der Waals surface area contributed by atoms with E-state index in [0.717, 1.165) is 15.4 Å². The first kappa shape index (κ1) is 32.0. The normalized spacial score (nSPS) is 12.4. The zero-order valence-electron chi connectivity index (χ0n) is 24.3. The molecular formula is C31H38ClN3O5S. The molecule has 2 amide bonds. The van der Waals surface area contributed by atoms with Crippen LogP contribution in [0.25, 0.3) is 0 Å². The highest BCUT2D eigenvalue weighted by atomic mass is 35.5. The number of methoxy groups -OCH3 is 1. The second-order valence-corrected chi connectivity index (χ2v) is 13.1. The lowest BCUT2D eigenvalue weighted by Gasteiger charge is -2.35. The molecule has 0 bridgehead atoms. The van der Waals surface area contributed by atoms with Gasteiger partial charge in [0.1, 0.15) is 18.3 Å². The van der Waals surface area contributed by atoms with Crippen LogP contribution in [-0.4, -0.2) is 50.4 Å². The molecule has 0 saturated carbocycles. The highest BCUT2D eigenvalue weighted by Gasteiger charge is 2.35. The summed E-state index contributed by atoms with van der Waals surface area (Å²) in [7, 11) is -2.84. The van der Waals surface area contributed by atoms with Crippen molar-refractivity contribution in [2.24, 2.45) is 0 Å². The monoisotopic (exact) mass is 599 g/mol. The van der Waals surface area contributed by atoms with Gasteiger partial charge in [-0.1, -0.05) is 66.6 Å². The SMILES string of the molecule is CC[C@@H](C(=O)NC(C)(C)C)N(Cc1ccccc1)C(=O)CN(c1cc(Cl)ccc1OC)S(=O)(=O)c1ccc(C)cc1. The van der Waals surface area contributed by atoms with Crippen LogP contribution in [0.5, 0.6) is 5.75 Å². The van der Waals surface area contributed by atoms with E-state index in [1.807, 2.05) is 65.0 Å². The molecule has 3 aromatic carbocycles. The van der Waals surface area contributed by atoms with E-state index in [-0.39, 0.29) is 33.8 Å². The Morgan fingerprint density at radius 2 is 1.63 bits per heavy atom. The fourth-order valence-electron chi connectivity index (χ4n) is 4.36. The van der Waals surface area contributed by atoms with Gasteiger partial charge in [0.2, 0.25) is 11.8 Å². The Labute approximate surface area is 248 Å². The summed E-state index contributed by atoms with van der Waals surface area (Å²) in [5, 5.41) is 3.23. The lowest BCUT2D eigenvalue weighted by molar-refractivity contribution is -0.141. The first-order chi connectivity index (χ1) is 19.3. The first-order valence-corrected chi connectivity index (χ1v) is 15.2. The van der Waals surface area contributed by atoms with Crippen LogP contribution in [0.3, 0.4) is 0 Å². The molecule has 0 aromatic heterocycles. The first-order valence-electron chi connectivity index (χ1n) is 13.3. The molecule has 0 spiro atoms. The smallest absolute Gasteiger partial charge is 0.264 e. The number of hydrogen-bond acceptors (Lipinski definition) is 5. The summed E-state index contributed by atoms with van der Waals surface area (Å²) in [6.07, 6.45) is 0.325. The Bertz CT molecular complexity index is 1460. The van der Waals surface area contributed by atoms with Crippen LogP contribution in [0.15, 0.2) is 77.7 Å². The minimum Gasteiger partial charge on any atom is -0.495 e. The molecule has 0 heterocycles. The number of aryl methyl sites for hydroxylation is 1. The van der Waals surface area contributed by atoms with Crippen molar-refractivity contribution in [1.82, 2.24) is 10.2 Å². The number of halogens is 1. The van der Waals surface area contributed by atoms with Crippen molar-refractivity contribution in [1.29, 1.82) is 0 Å². The quantitative estimate of drug-likeness (QED) is 0.311. The minimum atomic E-state index is -4.26. The largest absolute Gasteiger partial charge is 0.495 e. The minimum absolute atomic E-state index is 0.00468. The summed E-state index contributed by atoms with van der Waals surface area (Å²) in [6, 6.07) is 19.4. The zero-order valence-corrected chi connectivity index (χ0v) is 25.9. The van der Waals surface area contributed by atoms with Crippen LogP contribution >= 0.6 is 11.6 Å². The van der Waals surface area contributed by atoms with Gasteiger partial charge in [0.25, 0.3) is 10.0 Å². The summed E-state index contributed by atoms with van der Waals surface area (Å²) in [6.45, 7) is 8.79. The molecule has 0 unspecified atom stereocenters. The molecule has 1 N–H and O–H groups in total. The number of anilines is 1. The molecule has 0 aliphatic carbocycles. The fraction of sp³-hybridized carbons (Fsp3) is 0.355. The summed E-state index contributed by atoms with van der Waals surface area (Å²) in [4.78, 5) is 29.0. The number of nitrogens with one attached hydrogen (secondary N) is 1. The van der Waals surface area contributed by atoms with Crippen molar-refractivity contribution in [2.75, 3.05) is 18.0 Å². The van der Waals surface area contributed by atoms with Crippen LogP contribution in [0.1, 0.15) is 45.2 Å². The lowest BCUT2D eigenvalue weighted by atomic mass is 10.1. The molecule has 0 saturated heterocycles. The number of carbonyl (C=O) groups is 2. The highest BCUT2D eigenvalue weighted by molar-refractivity contribution is 7.92. The second-order valence-electron chi connectivity index (χ2n) is 10.8. The topological polar surface area (TPSA) is 96.0 Å². The third-order valence-corrected chi connectivity index (χ3v) is 8.39. The Hall–Kier alpha value is -3.56. The predicted molar refractivity (Wildman–Crippen MR) is 163 cm³/mol. The van der Waals surface area contributed by atoms with Gasteiger partial charge in [-0.15, -0.1) is 0 Å². The zero-order chi connectivity index (χ0) is 30.4.